The zero-order valence-corrected chi connectivity index (χ0v) is 24.5. The Morgan fingerprint density at radius 1 is 0.485 bits per heavy atom. The van der Waals surface area contributed by atoms with Gasteiger partial charge in [0, 0.05) is 0 Å². The zero-order chi connectivity index (χ0) is 24.3. The molecule has 0 amide bonds. The molecule has 1 N–H and O–H groups in total. The molecule has 0 fully saturated rings. The van der Waals surface area contributed by atoms with E-state index in [-0.39, 0.29) is 0 Å². The summed E-state index contributed by atoms with van der Waals surface area (Å²) < 4.78 is 10.9. The number of methoxy groups -OCH3 is 1. The summed E-state index contributed by atoms with van der Waals surface area (Å²) in [7, 11) is 0.320. The van der Waals surface area contributed by atoms with E-state index >= 15 is 0 Å². The van der Waals surface area contributed by atoms with Crippen molar-refractivity contribution in [3.63, 3.8) is 0 Å². The van der Waals surface area contributed by atoms with Gasteiger partial charge in [0.25, 0.3) is 0 Å². The van der Waals surface area contributed by atoms with Crippen molar-refractivity contribution in [2.24, 2.45) is 0 Å². The molecule has 0 aromatic rings. The van der Waals surface area contributed by atoms with Crippen LogP contribution in [0, 0.1) is 0 Å². The molecule has 4 heteroatoms. The molecule has 0 aromatic heterocycles. The topological polar surface area (TPSA) is 30.5 Å². The van der Waals surface area contributed by atoms with Crippen molar-refractivity contribution < 1.29 is 9.47 Å². The molecule has 0 aliphatic carbocycles. The minimum absolute atomic E-state index is 0.704. The van der Waals surface area contributed by atoms with Crippen molar-refractivity contribution in [2.75, 3.05) is 52.0 Å². The number of nitrogens with one attached hydrogen (secondary N) is 1. The predicted octanol–water partition coefficient (Wildman–Crippen LogP) is 8.99. The van der Waals surface area contributed by atoms with E-state index in [2.05, 4.69) is 25.9 Å². The van der Waals surface area contributed by atoms with Gasteiger partial charge < -0.3 is 0 Å². The maximum atomic E-state index is 5.81. The van der Waals surface area contributed by atoms with E-state index in [4.69, 9.17) is 9.47 Å². The molecule has 0 aromatic carbocycles. The van der Waals surface area contributed by atoms with E-state index in [1.54, 1.807) is 7.11 Å². The third-order valence-corrected chi connectivity index (χ3v) is 12.1. The molecule has 0 atom stereocenters. The van der Waals surface area contributed by atoms with Crippen LogP contribution in [-0.2, 0) is 9.47 Å². The molecule has 0 saturated carbocycles. The molecule has 0 bridgehead atoms. The van der Waals surface area contributed by atoms with Crippen molar-refractivity contribution >= 4 is 7.41 Å². The third kappa shape index (κ3) is 22.5. The van der Waals surface area contributed by atoms with Gasteiger partial charge in [-0.15, -0.1) is 0 Å². The first-order valence-corrected chi connectivity index (χ1v) is 17.7. The first-order valence-electron chi connectivity index (χ1n) is 15.1. The van der Waals surface area contributed by atoms with Crippen LogP contribution in [0.3, 0.4) is 0 Å². The van der Waals surface area contributed by atoms with E-state index < -0.39 is 7.41 Å². The Labute approximate surface area is 210 Å². The molecule has 0 heterocycles. The summed E-state index contributed by atoms with van der Waals surface area (Å²) in [5.74, 6) is 0. The van der Waals surface area contributed by atoms with Gasteiger partial charge in [0.2, 0.25) is 0 Å². The minimum atomic E-state index is -1.43. The van der Waals surface area contributed by atoms with Gasteiger partial charge in [-0.25, -0.2) is 0 Å². The number of hydrogen-bond acceptors (Lipinski definition) is 3. The second kappa shape index (κ2) is 26.9. The van der Waals surface area contributed by atoms with Gasteiger partial charge in [-0.1, -0.05) is 0 Å². The Kier molecular flexibility index (Phi) is 27.2. The second-order valence-electron chi connectivity index (χ2n) is 10.4. The van der Waals surface area contributed by atoms with Gasteiger partial charge in [0.1, 0.15) is 0 Å². The van der Waals surface area contributed by atoms with Crippen LogP contribution in [-0.4, -0.2) is 52.0 Å². The molecule has 0 aliphatic rings. The SMILES string of the molecule is CCCCCCCC[PH](CCCCCCCC)(CCCCCCCC)NCCOCCOC. The fourth-order valence-electron chi connectivity index (χ4n) is 5.00. The molecule has 0 unspecified atom stereocenters. The van der Waals surface area contributed by atoms with E-state index in [0.717, 1.165) is 19.8 Å². The molecular weight excluding hydrogens is 425 g/mol. The number of hydrogen-bond donors (Lipinski definition) is 1. The van der Waals surface area contributed by atoms with Crippen LogP contribution in [0.5, 0.6) is 0 Å². The van der Waals surface area contributed by atoms with Crippen molar-refractivity contribution in [2.45, 2.75) is 136 Å². The standard InChI is InChI=1S/C29H64NO2P/c1-5-8-11-14-17-20-27-33(28-21-18-15-12-9-6-2,29-22-19-16-13-10-7-3)30-23-24-32-26-25-31-4/h30,33H,5-29H2,1-4H3. The van der Waals surface area contributed by atoms with Crippen LogP contribution >= 0.6 is 7.41 Å². The average molecular weight is 490 g/mol. The molecule has 33 heavy (non-hydrogen) atoms. The molecular formula is C29H64NO2P. The first kappa shape index (κ1) is 33.3. The van der Waals surface area contributed by atoms with Gasteiger partial charge in [-0.3, -0.25) is 0 Å². The fraction of sp³-hybridized carbons (Fsp3) is 1.00. The van der Waals surface area contributed by atoms with Crippen LogP contribution in [0.1, 0.15) is 136 Å². The molecule has 0 aliphatic heterocycles. The molecule has 0 spiro atoms. The number of rotatable bonds is 28. The quantitative estimate of drug-likeness (QED) is 0.0878. The van der Waals surface area contributed by atoms with Gasteiger partial charge >= 0.3 is 210 Å². The third-order valence-electron chi connectivity index (χ3n) is 7.20. The summed E-state index contributed by atoms with van der Waals surface area (Å²) in [5, 5.41) is 4.19. The summed E-state index contributed by atoms with van der Waals surface area (Å²) in [6.07, 6.45) is 30.0. The van der Waals surface area contributed by atoms with Crippen LogP contribution < -0.4 is 5.09 Å². The van der Waals surface area contributed by atoms with Crippen molar-refractivity contribution in [1.29, 1.82) is 0 Å². The monoisotopic (exact) mass is 489 g/mol. The summed E-state index contributed by atoms with van der Waals surface area (Å²) in [4.78, 5) is 0. The van der Waals surface area contributed by atoms with Crippen LogP contribution in [0.25, 0.3) is 0 Å². The normalized spacial score (nSPS) is 12.5. The zero-order valence-electron chi connectivity index (χ0n) is 23.5. The Bertz CT molecular complexity index is 298. The van der Waals surface area contributed by atoms with Crippen molar-refractivity contribution in [3.05, 3.63) is 0 Å². The van der Waals surface area contributed by atoms with Crippen molar-refractivity contribution in [3.8, 4) is 0 Å². The second-order valence-corrected chi connectivity index (χ2v) is 14.8. The van der Waals surface area contributed by atoms with E-state index in [1.165, 1.54) is 134 Å². The fourth-order valence-corrected chi connectivity index (χ4v) is 9.70. The van der Waals surface area contributed by atoms with Gasteiger partial charge in [0.05, 0.1) is 0 Å². The molecule has 0 radical (unpaired) electrons. The Morgan fingerprint density at radius 3 is 1.27 bits per heavy atom. The van der Waals surface area contributed by atoms with Gasteiger partial charge in [-0.05, 0) is 0 Å². The molecule has 202 valence electrons. The van der Waals surface area contributed by atoms with Crippen LogP contribution in [0.15, 0.2) is 0 Å². The van der Waals surface area contributed by atoms with E-state index in [9.17, 15) is 0 Å². The number of unbranched alkanes of at least 4 members (excludes halogenated alkanes) is 15. The van der Waals surface area contributed by atoms with Crippen LogP contribution in [0.4, 0.5) is 0 Å². The average Bonchev–Trinajstić information content (AvgIpc) is 2.83. The molecule has 3 nitrogen and oxygen atoms in total. The maximum absolute atomic E-state index is 5.81. The Hall–Kier alpha value is 0.310. The van der Waals surface area contributed by atoms with Gasteiger partial charge in [-0.2, -0.15) is 0 Å². The van der Waals surface area contributed by atoms with Crippen LogP contribution in [0.2, 0.25) is 0 Å². The van der Waals surface area contributed by atoms with E-state index in [1.807, 2.05) is 0 Å². The van der Waals surface area contributed by atoms with E-state index in [0.29, 0.717) is 6.61 Å². The summed E-state index contributed by atoms with van der Waals surface area (Å²) >= 11 is 0. The molecule has 0 rings (SSSR count). The predicted molar refractivity (Wildman–Crippen MR) is 154 cm³/mol. The van der Waals surface area contributed by atoms with Crippen molar-refractivity contribution in [1.82, 2.24) is 5.09 Å². The first-order chi connectivity index (χ1) is 16.2. The summed E-state index contributed by atoms with van der Waals surface area (Å²) in [5.41, 5.74) is 0. The van der Waals surface area contributed by atoms with Gasteiger partial charge in [0.15, 0.2) is 0 Å². The number of ether oxygens (including phenoxy) is 2. The molecule has 0 saturated heterocycles. The summed E-state index contributed by atoms with van der Waals surface area (Å²) in [6, 6.07) is 0. The Morgan fingerprint density at radius 2 is 0.879 bits per heavy atom. The Balaban J connectivity index is 4.74. The summed E-state index contributed by atoms with van der Waals surface area (Å²) in [6.45, 7) is 10.3.